The summed E-state index contributed by atoms with van der Waals surface area (Å²) < 4.78 is 0. The molecule has 0 saturated heterocycles. The van der Waals surface area contributed by atoms with Gasteiger partial charge in [-0.05, 0) is 6.42 Å². The fraction of sp³-hybridized carbons (Fsp3) is 0.333. The Bertz CT molecular complexity index is 577. The first kappa shape index (κ1) is 15.2. The van der Waals surface area contributed by atoms with E-state index in [2.05, 4.69) is 15.3 Å². The fourth-order valence-corrected chi connectivity index (χ4v) is 1.96. The smallest absolute Gasteiger partial charge is 0.163 e. The van der Waals surface area contributed by atoms with Crippen LogP contribution in [0, 0.1) is 0 Å². The van der Waals surface area contributed by atoms with Crippen LogP contribution in [0.1, 0.15) is 13.3 Å². The van der Waals surface area contributed by atoms with Crippen LogP contribution in [0.3, 0.4) is 0 Å². The molecular formula is C15H20N4O2. The van der Waals surface area contributed by atoms with Gasteiger partial charge in [0.15, 0.2) is 5.82 Å². The zero-order valence-corrected chi connectivity index (χ0v) is 12.0. The number of aliphatic hydroxyl groups is 2. The molecule has 0 aliphatic carbocycles. The van der Waals surface area contributed by atoms with Gasteiger partial charge in [0.2, 0.25) is 0 Å². The van der Waals surface area contributed by atoms with Crippen LogP contribution in [-0.2, 0) is 0 Å². The molecule has 2 rings (SSSR count). The van der Waals surface area contributed by atoms with Gasteiger partial charge < -0.3 is 21.3 Å². The maximum Gasteiger partial charge on any atom is 0.163 e. The molecule has 0 aliphatic heterocycles. The number of hydrogen-bond donors (Lipinski definition) is 4. The van der Waals surface area contributed by atoms with E-state index < -0.39 is 5.54 Å². The number of nitrogens with zero attached hydrogens (tertiary/aromatic N) is 2. The van der Waals surface area contributed by atoms with E-state index in [1.807, 2.05) is 37.3 Å². The minimum Gasteiger partial charge on any atom is -0.394 e. The predicted octanol–water partition coefficient (Wildman–Crippen LogP) is 1.27. The van der Waals surface area contributed by atoms with E-state index in [4.69, 9.17) is 5.73 Å². The number of hydrogen-bond acceptors (Lipinski definition) is 6. The zero-order chi connectivity index (χ0) is 15.3. The van der Waals surface area contributed by atoms with Crippen molar-refractivity contribution in [2.45, 2.75) is 18.9 Å². The molecule has 0 unspecified atom stereocenters. The first-order valence-electron chi connectivity index (χ1n) is 6.82. The molecule has 0 spiro atoms. The Morgan fingerprint density at radius 3 is 2.38 bits per heavy atom. The largest absolute Gasteiger partial charge is 0.394 e. The van der Waals surface area contributed by atoms with Crippen LogP contribution < -0.4 is 11.1 Å². The molecule has 0 saturated carbocycles. The second kappa shape index (κ2) is 6.51. The van der Waals surface area contributed by atoms with E-state index in [1.165, 1.54) is 0 Å². The average molecular weight is 288 g/mol. The lowest BCUT2D eigenvalue weighted by atomic mass is 9.98. The Morgan fingerprint density at radius 2 is 1.81 bits per heavy atom. The van der Waals surface area contributed by atoms with Gasteiger partial charge in [0.05, 0.1) is 18.8 Å². The molecule has 6 heteroatoms. The quantitative estimate of drug-likeness (QED) is 0.638. The molecule has 0 radical (unpaired) electrons. The van der Waals surface area contributed by atoms with Gasteiger partial charge in [-0.3, -0.25) is 0 Å². The van der Waals surface area contributed by atoms with Crippen molar-refractivity contribution in [3.8, 4) is 11.4 Å². The van der Waals surface area contributed by atoms with Gasteiger partial charge in [0.25, 0.3) is 0 Å². The Labute approximate surface area is 123 Å². The van der Waals surface area contributed by atoms with Gasteiger partial charge in [-0.1, -0.05) is 37.3 Å². The van der Waals surface area contributed by atoms with Gasteiger partial charge in [-0.2, -0.15) is 0 Å². The van der Waals surface area contributed by atoms with Crippen molar-refractivity contribution in [1.82, 2.24) is 9.97 Å². The van der Waals surface area contributed by atoms with E-state index >= 15 is 0 Å². The van der Waals surface area contributed by atoms with E-state index in [-0.39, 0.29) is 13.2 Å². The minimum absolute atomic E-state index is 0.204. The van der Waals surface area contributed by atoms with Crippen LogP contribution in [0.25, 0.3) is 11.4 Å². The third kappa shape index (κ3) is 3.48. The highest BCUT2D eigenvalue weighted by atomic mass is 16.3. The third-order valence-corrected chi connectivity index (χ3v) is 3.45. The van der Waals surface area contributed by atoms with E-state index in [0.29, 0.717) is 23.9 Å². The summed E-state index contributed by atoms with van der Waals surface area (Å²) in [6.07, 6.45) is 0.546. The molecule has 0 fully saturated rings. The van der Waals surface area contributed by atoms with E-state index in [0.717, 1.165) is 5.56 Å². The molecule has 21 heavy (non-hydrogen) atoms. The van der Waals surface area contributed by atoms with Gasteiger partial charge in [-0.25, -0.2) is 9.97 Å². The van der Waals surface area contributed by atoms with Crippen LogP contribution in [0.4, 0.5) is 11.6 Å². The summed E-state index contributed by atoms with van der Waals surface area (Å²) in [5.41, 5.74) is 5.85. The number of nitrogens with two attached hydrogens (primary N) is 1. The highest BCUT2D eigenvalue weighted by molar-refractivity contribution is 5.60. The summed E-state index contributed by atoms with van der Waals surface area (Å²) in [5, 5.41) is 22.1. The van der Waals surface area contributed by atoms with Crippen molar-refractivity contribution in [3.63, 3.8) is 0 Å². The lowest BCUT2D eigenvalue weighted by Crippen LogP contribution is -2.45. The van der Waals surface area contributed by atoms with Crippen LogP contribution in [0.2, 0.25) is 0 Å². The monoisotopic (exact) mass is 288 g/mol. The Morgan fingerprint density at radius 1 is 1.14 bits per heavy atom. The van der Waals surface area contributed by atoms with Crippen LogP contribution in [0.15, 0.2) is 36.4 Å². The standard InChI is InChI=1S/C15H20N4O2/c1-2-15(9-20,10-21)19-13-8-12(16)17-14(18-13)11-6-4-3-5-7-11/h3-8,20-21H,2,9-10H2,1H3,(H3,16,17,18,19). The molecule has 0 atom stereocenters. The Kier molecular flexibility index (Phi) is 4.72. The van der Waals surface area contributed by atoms with Crippen molar-refractivity contribution < 1.29 is 10.2 Å². The van der Waals surface area contributed by atoms with Crippen molar-refractivity contribution in [2.24, 2.45) is 0 Å². The zero-order valence-electron chi connectivity index (χ0n) is 12.0. The van der Waals surface area contributed by atoms with Crippen molar-refractivity contribution in [2.75, 3.05) is 24.3 Å². The predicted molar refractivity (Wildman–Crippen MR) is 82.7 cm³/mol. The lowest BCUT2D eigenvalue weighted by Gasteiger charge is -2.30. The van der Waals surface area contributed by atoms with Crippen molar-refractivity contribution >= 4 is 11.6 Å². The van der Waals surface area contributed by atoms with Crippen molar-refractivity contribution in [1.29, 1.82) is 0 Å². The number of rotatable bonds is 6. The van der Waals surface area contributed by atoms with Crippen LogP contribution >= 0.6 is 0 Å². The second-order valence-corrected chi connectivity index (χ2v) is 4.94. The fourth-order valence-electron chi connectivity index (χ4n) is 1.96. The molecule has 2 aromatic rings. The summed E-state index contributed by atoms with van der Waals surface area (Å²) in [7, 11) is 0. The maximum atomic E-state index is 9.50. The summed E-state index contributed by atoms with van der Waals surface area (Å²) in [5.74, 6) is 1.30. The molecule has 0 bridgehead atoms. The van der Waals surface area contributed by atoms with Crippen molar-refractivity contribution in [3.05, 3.63) is 36.4 Å². The maximum absolute atomic E-state index is 9.50. The summed E-state index contributed by atoms with van der Waals surface area (Å²) in [6, 6.07) is 11.1. The van der Waals surface area contributed by atoms with E-state index in [1.54, 1.807) is 6.07 Å². The Hall–Kier alpha value is -2.18. The van der Waals surface area contributed by atoms with Gasteiger partial charge >= 0.3 is 0 Å². The first-order valence-corrected chi connectivity index (χ1v) is 6.82. The normalized spacial score (nSPS) is 11.4. The molecule has 5 N–H and O–H groups in total. The molecular weight excluding hydrogens is 268 g/mol. The van der Waals surface area contributed by atoms with Gasteiger partial charge in [-0.15, -0.1) is 0 Å². The summed E-state index contributed by atoms with van der Waals surface area (Å²) in [4.78, 5) is 8.62. The molecule has 112 valence electrons. The third-order valence-electron chi connectivity index (χ3n) is 3.45. The topological polar surface area (TPSA) is 104 Å². The highest BCUT2D eigenvalue weighted by Gasteiger charge is 2.27. The SMILES string of the molecule is CCC(CO)(CO)Nc1cc(N)nc(-c2ccccc2)n1. The van der Waals surface area contributed by atoms with Crippen LogP contribution in [-0.4, -0.2) is 38.9 Å². The number of aromatic nitrogens is 2. The molecule has 0 amide bonds. The molecule has 6 nitrogen and oxygen atoms in total. The summed E-state index contributed by atoms with van der Waals surface area (Å²) >= 11 is 0. The molecule has 0 aliphatic rings. The number of anilines is 2. The first-order chi connectivity index (χ1) is 10.1. The van der Waals surface area contributed by atoms with Crippen LogP contribution in [0.5, 0.6) is 0 Å². The molecule has 1 heterocycles. The number of benzene rings is 1. The van der Waals surface area contributed by atoms with Gasteiger partial charge in [0, 0.05) is 11.6 Å². The average Bonchev–Trinajstić information content (AvgIpc) is 2.53. The number of nitrogens with one attached hydrogen (secondary N) is 1. The molecule has 1 aromatic carbocycles. The number of nitrogen functional groups attached to an aromatic ring is 1. The lowest BCUT2D eigenvalue weighted by molar-refractivity contribution is 0.132. The minimum atomic E-state index is -0.825. The molecule has 1 aromatic heterocycles. The highest BCUT2D eigenvalue weighted by Crippen LogP contribution is 2.22. The van der Waals surface area contributed by atoms with E-state index in [9.17, 15) is 10.2 Å². The second-order valence-electron chi connectivity index (χ2n) is 4.94. The number of aliphatic hydroxyl groups excluding tert-OH is 2. The van der Waals surface area contributed by atoms with Gasteiger partial charge in [0.1, 0.15) is 11.6 Å². The Balaban J connectivity index is 2.36. The summed E-state index contributed by atoms with van der Waals surface area (Å²) in [6.45, 7) is 1.47.